The van der Waals surface area contributed by atoms with Gasteiger partial charge in [-0.25, -0.2) is 8.42 Å². The van der Waals surface area contributed by atoms with Crippen LogP contribution in [0.2, 0.25) is 5.02 Å². The third kappa shape index (κ3) is 5.35. The molecule has 3 aromatic carbocycles. The summed E-state index contributed by atoms with van der Waals surface area (Å²) in [7, 11) is -3.64. The topological polar surface area (TPSA) is 86.8 Å². The summed E-state index contributed by atoms with van der Waals surface area (Å²) in [6.45, 7) is 0.810. The highest BCUT2D eigenvalue weighted by atomic mass is 35.5. The molecule has 1 aliphatic rings. The zero-order chi connectivity index (χ0) is 23.4. The van der Waals surface area contributed by atoms with Crippen molar-refractivity contribution in [2.45, 2.75) is 11.3 Å². The summed E-state index contributed by atoms with van der Waals surface area (Å²) in [5.74, 6) is -0.464. The summed E-state index contributed by atoms with van der Waals surface area (Å²) in [4.78, 5) is 26.7. The van der Waals surface area contributed by atoms with Crippen LogP contribution in [0.3, 0.4) is 0 Å². The Bertz CT molecular complexity index is 1270. The van der Waals surface area contributed by atoms with Crippen molar-refractivity contribution in [1.29, 1.82) is 0 Å². The van der Waals surface area contributed by atoms with E-state index < -0.39 is 10.0 Å². The highest BCUT2D eigenvalue weighted by Crippen LogP contribution is 2.20. The van der Waals surface area contributed by atoms with E-state index in [1.54, 1.807) is 4.90 Å². The lowest BCUT2D eigenvalue weighted by atomic mass is 10.0. The van der Waals surface area contributed by atoms with E-state index in [1.165, 1.54) is 28.6 Å². The lowest BCUT2D eigenvalue weighted by molar-refractivity contribution is -0.133. The highest BCUT2D eigenvalue weighted by Gasteiger charge is 2.30. The minimum absolute atomic E-state index is 0.118. The van der Waals surface area contributed by atoms with Crippen LogP contribution < -0.4 is 5.32 Å². The fourth-order valence-corrected chi connectivity index (χ4v) is 5.45. The van der Waals surface area contributed by atoms with Crippen molar-refractivity contribution < 1.29 is 18.0 Å². The van der Waals surface area contributed by atoms with Crippen LogP contribution >= 0.6 is 11.6 Å². The number of nitrogens with zero attached hydrogens (tertiary/aromatic N) is 2. The molecule has 4 rings (SSSR count). The Morgan fingerprint density at radius 3 is 2.27 bits per heavy atom. The molecule has 0 aliphatic carbocycles. The average Bonchev–Trinajstić information content (AvgIpc) is 2.83. The van der Waals surface area contributed by atoms with Gasteiger partial charge in [-0.3, -0.25) is 9.59 Å². The molecule has 1 heterocycles. The molecule has 0 unspecified atom stereocenters. The van der Waals surface area contributed by atoms with Crippen molar-refractivity contribution in [3.63, 3.8) is 0 Å². The predicted octanol–water partition coefficient (Wildman–Crippen LogP) is 2.69. The van der Waals surface area contributed by atoms with Gasteiger partial charge in [0.15, 0.2) is 0 Å². The second-order valence-electron chi connectivity index (χ2n) is 7.83. The summed E-state index contributed by atoms with van der Waals surface area (Å²) in [5, 5.41) is 5.23. The molecule has 172 valence electrons. The fraction of sp³-hybridized carbons (Fsp3) is 0.250. The van der Waals surface area contributed by atoms with Gasteiger partial charge in [0.05, 0.1) is 17.9 Å². The Morgan fingerprint density at radius 1 is 0.879 bits per heavy atom. The van der Waals surface area contributed by atoms with Gasteiger partial charge in [0, 0.05) is 31.2 Å². The van der Waals surface area contributed by atoms with Crippen molar-refractivity contribution in [3.8, 4) is 0 Å². The van der Waals surface area contributed by atoms with Crippen LogP contribution in [0, 0.1) is 0 Å². The number of rotatable bonds is 6. The number of hydrogen-bond acceptors (Lipinski definition) is 4. The average molecular weight is 486 g/mol. The first-order valence-electron chi connectivity index (χ1n) is 10.6. The number of nitrogens with one attached hydrogen (secondary N) is 1. The maximum Gasteiger partial charge on any atom is 0.243 e. The Morgan fingerprint density at radius 2 is 1.55 bits per heavy atom. The summed E-state index contributed by atoms with van der Waals surface area (Å²) in [6, 6.07) is 19.7. The van der Waals surface area contributed by atoms with Crippen molar-refractivity contribution in [2.75, 3.05) is 32.7 Å². The van der Waals surface area contributed by atoms with Crippen molar-refractivity contribution in [3.05, 3.63) is 77.3 Å². The minimum Gasteiger partial charge on any atom is -0.347 e. The number of halogens is 1. The zero-order valence-corrected chi connectivity index (χ0v) is 19.5. The fourth-order valence-electron chi connectivity index (χ4n) is 3.90. The Hall–Kier alpha value is -2.94. The van der Waals surface area contributed by atoms with Crippen LogP contribution in [-0.4, -0.2) is 62.2 Å². The number of hydrogen-bond donors (Lipinski definition) is 1. The van der Waals surface area contributed by atoms with Crippen LogP contribution in [0.15, 0.2) is 71.6 Å². The number of amides is 2. The van der Waals surface area contributed by atoms with Crippen LogP contribution in [0.1, 0.15) is 5.56 Å². The van der Waals surface area contributed by atoms with Crippen molar-refractivity contribution in [2.24, 2.45) is 0 Å². The molecule has 7 nitrogen and oxygen atoms in total. The SMILES string of the molecule is O=C(Cc1cccc2ccccc12)NCC(=O)N1CCN(S(=O)(=O)c2ccc(Cl)cc2)CC1. The molecule has 0 aromatic heterocycles. The summed E-state index contributed by atoms with van der Waals surface area (Å²) < 4.78 is 26.9. The lowest BCUT2D eigenvalue weighted by Gasteiger charge is -2.34. The minimum atomic E-state index is -3.64. The van der Waals surface area contributed by atoms with Crippen LogP contribution in [0.25, 0.3) is 10.8 Å². The molecule has 0 saturated carbocycles. The maximum absolute atomic E-state index is 12.8. The van der Waals surface area contributed by atoms with Crippen molar-refractivity contribution in [1.82, 2.24) is 14.5 Å². The van der Waals surface area contributed by atoms with Gasteiger partial charge < -0.3 is 10.2 Å². The van der Waals surface area contributed by atoms with Crippen LogP contribution in [0.4, 0.5) is 0 Å². The van der Waals surface area contributed by atoms with E-state index in [2.05, 4.69) is 5.32 Å². The molecular formula is C24H24ClN3O4S. The normalized spacial score (nSPS) is 14.9. The molecule has 0 bridgehead atoms. The Labute approximate surface area is 198 Å². The molecule has 0 atom stereocenters. The first-order valence-corrected chi connectivity index (χ1v) is 12.4. The zero-order valence-electron chi connectivity index (χ0n) is 17.9. The summed E-state index contributed by atoms with van der Waals surface area (Å²) >= 11 is 5.84. The molecular weight excluding hydrogens is 462 g/mol. The predicted molar refractivity (Wildman–Crippen MR) is 127 cm³/mol. The largest absolute Gasteiger partial charge is 0.347 e. The number of benzene rings is 3. The summed E-state index contributed by atoms with van der Waals surface area (Å²) in [6.07, 6.45) is 0.182. The van der Waals surface area contributed by atoms with Gasteiger partial charge in [-0.15, -0.1) is 0 Å². The van der Waals surface area contributed by atoms with Gasteiger partial charge >= 0.3 is 0 Å². The third-order valence-electron chi connectivity index (χ3n) is 5.71. The Balaban J connectivity index is 1.28. The van der Waals surface area contributed by atoms with Crippen LogP contribution in [0.5, 0.6) is 0 Å². The number of piperazine rings is 1. The first-order chi connectivity index (χ1) is 15.8. The molecule has 2 amide bonds. The molecule has 33 heavy (non-hydrogen) atoms. The maximum atomic E-state index is 12.8. The monoisotopic (exact) mass is 485 g/mol. The smallest absolute Gasteiger partial charge is 0.243 e. The molecule has 1 aliphatic heterocycles. The van der Waals surface area contributed by atoms with Gasteiger partial charge in [-0.2, -0.15) is 4.31 Å². The molecule has 0 spiro atoms. The molecule has 1 saturated heterocycles. The van der Waals surface area contributed by atoms with E-state index in [0.717, 1.165) is 16.3 Å². The molecule has 3 aromatic rings. The van der Waals surface area contributed by atoms with E-state index in [-0.39, 0.29) is 55.9 Å². The van der Waals surface area contributed by atoms with Gasteiger partial charge in [0.1, 0.15) is 0 Å². The van der Waals surface area contributed by atoms with E-state index >= 15 is 0 Å². The molecule has 1 fully saturated rings. The second-order valence-corrected chi connectivity index (χ2v) is 10.2. The first kappa shape index (κ1) is 23.2. The Kier molecular flexibility index (Phi) is 6.97. The lowest BCUT2D eigenvalue weighted by Crippen LogP contribution is -2.52. The van der Waals surface area contributed by atoms with Gasteiger partial charge in [0.25, 0.3) is 0 Å². The van der Waals surface area contributed by atoms with Crippen molar-refractivity contribution >= 4 is 44.2 Å². The number of sulfonamides is 1. The van der Waals surface area contributed by atoms with E-state index in [4.69, 9.17) is 11.6 Å². The van der Waals surface area contributed by atoms with E-state index in [0.29, 0.717) is 5.02 Å². The quantitative estimate of drug-likeness (QED) is 0.581. The number of fused-ring (bicyclic) bond motifs is 1. The molecule has 9 heteroatoms. The highest BCUT2D eigenvalue weighted by molar-refractivity contribution is 7.89. The van der Waals surface area contributed by atoms with Gasteiger partial charge in [0.2, 0.25) is 21.8 Å². The van der Waals surface area contributed by atoms with E-state index in [9.17, 15) is 18.0 Å². The van der Waals surface area contributed by atoms with Crippen LogP contribution in [-0.2, 0) is 26.0 Å². The van der Waals surface area contributed by atoms with Gasteiger partial charge in [-0.05, 0) is 40.6 Å². The molecule has 0 radical (unpaired) electrons. The number of carbonyl (C=O) groups excluding carboxylic acids is 2. The van der Waals surface area contributed by atoms with Gasteiger partial charge in [-0.1, -0.05) is 54.1 Å². The van der Waals surface area contributed by atoms with E-state index in [1.807, 2.05) is 42.5 Å². The number of carbonyl (C=O) groups is 2. The molecule has 1 N–H and O–H groups in total. The summed E-state index contributed by atoms with van der Waals surface area (Å²) in [5.41, 5.74) is 0.902. The second kappa shape index (κ2) is 9.91. The standard InChI is InChI=1S/C24H24ClN3O4S/c25-20-8-10-21(11-9-20)33(31,32)28-14-12-27(13-15-28)24(30)17-26-23(29)16-19-6-3-5-18-4-1-2-7-22(18)19/h1-11H,12-17H2,(H,26,29). The third-order valence-corrected chi connectivity index (χ3v) is 7.88.